The van der Waals surface area contributed by atoms with E-state index in [1.54, 1.807) is 6.07 Å². The largest absolute Gasteiger partial charge is 0.409 e. The molecule has 3 aromatic rings. The fourth-order valence-electron chi connectivity index (χ4n) is 2.98. The van der Waals surface area contributed by atoms with Crippen LogP contribution in [0.3, 0.4) is 0 Å². The Morgan fingerprint density at radius 1 is 1.24 bits per heavy atom. The van der Waals surface area contributed by atoms with Crippen molar-refractivity contribution in [1.82, 2.24) is 15.2 Å². The number of aromatic amines is 1. The molecule has 4 rings (SSSR count). The molecule has 0 saturated heterocycles. The lowest BCUT2D eigenvalue weighted by Gasteiger charge is -2.19. The molecule has 106 valence electrons. The van der Waals surface area contributed by atoms with Crippen LogP contribution in [0.15, 0.2) is 22.6 Å². The molecule has 0 radical (unpaired) electrons. The van der Waals surface area contributed by atoms with Crippen molar-refractivity contribution in [2.24, 2.45) is 0 Å². The Hall–Kier alpha value is -2.08. The molecule has 0 spiro atoms. The topological polar surface area (TPSA) is 54.7 Å². The van der Waals surface area contributed by atoms with Gasteiger partial charge in [-0.2, -0.15) is 0 Å². The van der Waals surface area contributed by atoms with E-state index >= 15 is 0 Å². The van der Waals surface area contributed by atoms with E-state index in [1.165, 1.54) is 12.1 Å². The molecule has 21 heavy (non-hydrogen) atoms. The number of hydrogen-bond acceptors (Lipinski definition) is 4. The van der Waals surface area contributed by atoms with Gasteiger partial charge in [0.1, 0.15) is 5.82 Å². The molecule has 0 aliphatic heterocycles. The van der Waals surface area contributed by atoms with Crippen molar-refractivity contribution in [3.05, 3.63) is 40.1 Å². The highest BCUT2D eigenvalue weighted by Gasteiger charge is 2.22. The normalized spacial score (nSPS) is 14.3. The van der Waals surface area contributed by atoms with Gasteiger partial charge in [0.15, 0.2) is 0 Å². The Labute approximate surface area is 125 Å². The summed E-state index contributed by atoms with van der Waals surface area (Å²) in [6, 6.07) is 4.61. The zero-order valence-corrected chi connectivity index (χ0v) is 12.0. The summed E-state index contributed by atoms with van der Waals surface area (Å²) in [4.78, 5) is 4.90. The van der Waals surface area contributed by atoms with Crippen LogP contribution >= 0.6 is 12.2 Å². The first-order chi connectivity index (χ1) is 10.2. The number of aryl methyl sites for hydroxylation is 1. The van der Waals surface area contributed by atoms with E-state index in [2.05, 4.69) is 15.2 Å². The van der Waals surface area contributed by atoms with Crippen molar-refractivity contribution in [2.45, 2.75) is 25.7 Å². The summed E-state index contributed by atoms with van der Waals surface area (Å²) in [6.45, 7) is 0. The minimum absolute atomic E-state index is 0.218. The van der Waals surface area contributed by atoms with Gasteiger partial charge in [-0.3, -0.25) is 4.98 Å². The van der Waals surface area contributed by atoms with Gasteiger partial charge in [0.25, 0.3) is 4.84 Å². The van der Waals surface area contributed by atoms with E-state index in [0.29, 0.717) is 5.89 Å². The second-order valence-electron chi connectivity index (χ2n) is 5.20. The summed E-state index contributed by atoms with van der Waals surface area (Å²) in [6.07, 6.45) is 4.05. The lowest BCUT2D eigenvalue weighted by molar-refractivity contribution is 0.550. The van der Waals surface area contributed by atoms with Crippen LogP contribution < -0.4 is 0 Å². The quantitative estimate of drug-likeness (QED) is 0.691. The number of nitrogens with zero attached hydrogens (tertiary/aromatic N) is 2. The molecule has 4 nitrogen and oxygen atoms in total. The standard InChI is InChI=1S/C15H12FN3OS/c16-8-5-6-12-10(7-8)13(14-18-19-15(21)20-14)9-3-1-2-4-11(9)17-12/h5-7H,1-4H2,(H,19,21). The number of halogens is 1. The number of benzene rings is 1. The first-order valence-corrected chi connectivity index (χ1v) is 7.30. The summed E-state index contributed by atoms with van der Waals surface area (Å²) in [5.74, 6) is 0.117. The van der Waals surface area contributed by atoms with Crippen molar-refractivity contribution < 1.29 is 8.81 Å². The molecule has 0 atom stereocenters. The monoisotopic (exact) mass is 301 g/mol. The molecule has 0 unspecified atom stereocenters. The predicted molar refractivity (Wildman–Crippen MR) is 79.0 cm³/mol. The fourth-order valence-corrected chi connectivity index (χ4v) is 3.10. The van der Waals surface area contributed by atoms with E-state index in [0.717, 1.165) is 53.4 Å². The van der Waals surface area contributed by atoms with Crippen LogP contribution in [0, 0.1) is 10.7 Å². The number of fused-ring (bicyclic) bond motifs is 2. The van der Waals surface area contributed by atoms with Gasteiger partial charge in [-0.1, -0.05) is 0 Å². The smallest absolute Gasteiger partial charge is 0.284 e. The van der Waals surface area contributed by atoms with Crippen LogP contribution in [0.2, 0.25) is 0 Å². The second-order valence-corrected chi connectivity index (χ2v) is 5.57. The van der Waals surface area contributed by atoms with Gasteiger partial charge >= 0.3 is 0 Å². The maximum Gasteiger partial charge on any atom is 0.284 e. The van der Waals surface area contributed by atoms with Gasteiger partial charge in [0.2, 0.25) is 5.89 Å². The Morgan fingerprint density at radius 3 is 2.90 bits per heavy atom. The van der Waals surface area contributed by atoms with E-state index < -0.39 is 0 Å². The molecule has 0 amide bonds. The first kappa shape index (κ1) is 12.6. The van der Waals surface area contributed by atoms with Crippen molar-refractivity contribution in [2.75, 3.05) is 0 Å². The van der Waals surface area contributed by atoms with Crippen LogP contribution in [0.25, 0.3) is 22.4 Å². The minimum atomic E-state index is -0.296. The van der Waals surface area contributed by atoms with Crippen molar-refractivity contribution in [3.8, 4) is 11.5 Å². The first-order valence-electron chi connectivity index (χ1n) is 6.89. The van der Waals surface area contributed by atoms with Crippen molar-refractivity contribution >= 4 is 23.1 Å². The average molecular weight is 301 g/mol. The van der Waals surface area contributed by atoms with Crippen molar-refractivity contribution in [1.29, 1.82) is 0 Å². The molecule has 0 saturated carbocycles. The van der Waals surface area contributed by atoms with Gasteiger partial charge in [-0.25, -0.2) is 9.49 Å². The maximum atomic E-state index is 13.7. The van der Waals surface area contributed by atoms with Crippen LogP contribution in [-0.4, -0.2) is 15.2 Å². The molecule has 2 aromatic heterocycles. The van der Waals surface area contributed by atoms with E-state index in [-0.39, 0.29) is 10.7 Å². The Kier molecular flexibility index (Phi) is 2.85. The van der Waals surface area contributed by atoms with Gasteiger partial charge in [-0.05, 0) is 61.7 Å². The minimum Gasteiger partial charge on any atom is -0.409 e. The molecular weight excluding hydrogens is 289 g/mol. The second kappa shape index (κ2) is 4.73. The fraction of sp³-hybridized carbons (Fsp3) is 0.267. The number of aromatic nitrogens is 3. The Morgan fingerprint density at radius 2 is 2.10 bits per heavy atom. The third kappa shape index (κ3) is 2.06. The van der Waals surface area contributed by atoms with Gasteiger partial charge < -0.3 is 4.42 Å². The third-order valence-corrected chi connectivity index (χ3v) is 4.05. The van der Waals surface area contributed by atoms with Gasteiger partial charge in [0, 0.05) is 11.1 Å². The summed E-state index contributed by atoms with van der Waals surface area (Å²) in [5.41, 5.74) is 3.74. The zero-order chi connectivity index (χ0) is 14.4. The van der Waals surface area contributed by atoms with E-state index in [9.17, 15) is 4.39 Å². The number of H-pyrrole nitrogens is 1. The van der Waals surface area contributed by atoms with Crippen LogP contribution in [0.4, 0.5) is 4.39 Å². The Balaban J connectivity index is 2.13. The molecule has 1 N–H and O–H groups in total. The highest BCUT2D eigenvalue weighted by Crippen LogP contribution is 2.35. The molecule has 1 aliphatic rings. The number of hydrogen-bond donors (Lipinski definition) is 1. The maximum absolute atomic E-state index is 13.7. The van der Waals surface area contributed by atoms with Gasteiger partial charge in [-0.15, -0.1) is 5.10 Å². The molecular formula is C15H12FN3OS. The zero-order valence-electron chi connectivity index (χ0n) is 11.1. The molecule has 1 aromatic carbocycles. The highest BCUT2D eigenvalue weighted by atomic mass is 32.1. The van der Waals surface area contributed by atoms with Gasteiger partial charge in [0.05, 0.1) is 11.1 Å². The number of nitrogens with one attached hydrogen (secondary N) is 1. The van der Waals surface area contributed by atoms with E-state index in [1.807, 2.05) is 0 Å². The lowest BCUT2D eigenvalue weighted by Crippen LogP contribution is -2.08. The summed E-state index contributed by atoms with van der Waals surface area (Å²) in [5, 5.41) is 7.49. The lowest BCUT2D eigenvalue weighted by atomic mass is 9.90. The summed E-state index contributed by atoms with van der Waals surface area (Å²) >= 11 is 4.96. The molecule has 2 heterocycles. The Bertz CT molecular complexity index is 900. The number of pyridine rings is 1. The van der Waals surface area contributed by atoms with E-state index in [4.69, 9.17) is 16.6 Å². The predicted octanol–water partition coefficient (Wildman–Crippen LogP) is 3.97. The van der Waals surface area contributed by atoms with Crippen LogP contribution in [-0.2, 0) is 12.8 Å². The molecule has 0 bridgehead atoms. The van der Waals surface area contributed by atoms with Crippen LogP contribution in [0.5, 0.6) is 0 Å². The number of rotatable bonds is 1. The summed E-state index contributed by atoms with van der Waals surface area (Å²) in [7, 11) is 0. The van der Waals surface area contributed by atoms with Crippen molar-refractivity contribution in [3.63, 3.8) is 0 Å². The average Bonchev–Trinajstić information content (AvgIpc) is 2.91. The molecule has 1 aliphatic carbocycles. The summed E-state index contributed by atoms with van der Waals surface area (Å²) < 4.78 is 19.1. The SMILES string of the molecule is Fc1ccc2nc3c(c(-c4n[nH]c(=S)o4)c2c1)CCCC3. The van der Waals surface area contributed by atoms with Crippen LogP contribution in [0.1, 0.15) is 24.1 Å². The molecule has 6 heteroatoms. The third-order valence-electron chi connectivity index (χ3n) is 3.88. The highest BCUT2D eigenvalue weighted by molar-refractivity contribution is 7.71. The molecule has 0 fully saturated rings.